The van der Waals surface area contributed by atoms with Crippen LogP contribution in [0.1, 0.15) is 21.5 Å². The molecular weight excluding hydrogens is 426 g/mol. The number of carbonyl (C=O) groups is 2. The van der Waals surface area contributed by atoms with Gasteiger partial charge >= 0.3 is 0 Å². The molecule has 0 fully saturated rings. The summed E-state index contributed by atoms with van der Waals surface area (Å²) in [5.41, 5.74) is 2.56. The van der Waals surface area contributed by atoms with Crippen molar-refractivity contribution in [2.75, 3.05) is 17.8 Å². The predicted octanol–water partition coefficient (Wildman–Crippen LogP) is 2.88. The van der Waals surface area contributed by atoms with Crippen LogP contribution < -0.4 is 15.4 Å². The van der Waals surface area contributed by atoms with Crippen LogP contribution in [0.2, 0.25) is 0 Å². The van der Waals surface area contributed by atoms with Gasteiger partial charge in [0.1, 0.15) is 0 Å². The highest BCUT2D eigenvalue weighted by atomic mass is 32.2. The summed E-state index contributed by atoms with van der Waals surface area (Å²) >= 11 is 0. The molecule has 3 rings (SSSR count). The summed E-state index contributed by atoms with van der Waals surface area (Å²) < 4.78 is 27.7. The largest absolute Gasteiger partial charge is 0.354 e. The number of benzene rings is 3. The van der Waals surface area contributed by atoms with Crippen molar-refractivity contribution in [2.24, 2.45) is 0 Å². The smallest absolute Gasteiger partial charge is 0.261 e. The van der Waals surface area contributed by atoms with E-state index in [0.717, 1.165) is 11.1 Å². The lowest BCUT2D eigenvalue weighted by Gasteiger charge is -2.11. The van der Waals surface area contributed by atoms with E-state index in [2.05, 4.69) is 15.4 Å². The highest BCUT2D eigenvalue weighted by Crippen LogP contribution is 2.19. The highest BCUT2D eigenvalue weighted by Gasteiger charge is 2.16. The maximum absolute atomic E-state index is 12.6. The normalized spacial score (nSPS) is 10.9. The fourth-order valence-corrected chi connectivity index (χ4v) is 4.13. The van der Waals surface area contributed by atoms with E-state index in [1.165, 1.54) is 24.3 Å². The van der Waals surface area contributed by atoms with E-state index in [-0.39, 0.29) is 29.7 Å². The number of para-hydroxylation sites is 1. The van der Waals surface area contributed by atoms with Crippen molar-refractivity contribution < 1.29 is 18.0 Å². The summed E-state index contributed by atoms with van der Waals surface area (Å²) in [6.07, 6.45) is 0.279. The van der Waals surface area contributed by atoms with Crippen LogP contribution in [0, 0.1) is 6.92 Å². The molecule has 3 N–H and O–H groups in total. The molecule has 7 nitrogen and oxygen atoms in total. The molecule has 0 aliphatic carbocycles. The van der Waals surface area contributed by atoms with Gasteiger partial charge in [0.15, 0.2) is 0 Å². The van der Waals surface area contributed by atoms with E-state index < -0.39 is 10.0 Å². The standard InChI is InChI=1S/C24H25N3O4S/c1-18-7-5-6-10-22(18)27-32(30,31)21-13-11-20(12-14-21)24(29)26-16-15-25-23(28)17-19-8-3-2-4-9-19/h2-14,27H,15-17H2,1H3,(H,25,28)(H,26,29). The number of aryl methyl sites for hydroxylation is 1. The van der Waals surface area contributed by atoms with Gasteiger partial charge in [-0.15, -0.1) is 0 Å². The third kappa shape index (κ3) is 6.42. The average molecular weight is 452 g/mol. The van der Waals surface area contributed by atoms with Crippen LogP contribution in [0.5, 0.6) is 0 Å². The molecule has 0 saturated heterocycles. The number of nitrogens with one attached hydrogen (secondary N) is 3. The van der Waals surface area contributed by atoms with Crippen molar-refractivity contribution in [3.05, 3.63) is 95.6 Å². The molecule has 0 unspecified atom stereocenters. The Balaban J connectivity index is 1.48. The van der Waals surface area contributed by atoms with Crippen LogP contribution >= 0.6 is 0 Å². The van der Waals surface area contributed by atoms with Gasteiger partial charge in [-0.25, -0.2) is 8.42 Å². The van der Waals surface area contributed by atoms with Crippen molar-refractivity contribution in [3.8, 4) is 0 Å². The first-order valence-corrected chi connectivity index (χ1v) is 11.6. The number of anilines is 1. The summed E-state index contributed by atoms with van der Waals surface area (Å²) in [5.74, 6) is -0.473. The summed E-state index contributed by atoms with van der Waals surface area (Å²) in [7, 11) is -3.76. The van der Waals surface area contributed by atoms with Gasteiger partial charge in [-0.3, -0.25) is 14.3 Å². The second kappa shape index (κ2) is 10.6. The Kier molecular flexibility index (Phi) is 7.62. The van der Waals surface area contributed by atoms with Crippen molar-refractivity contribution in [3.63, 3.8) is 0 Å². The monoisotopic (exact) mass is 451 g/mol. The van der Waals surface area contributed by atoms with E-state index in [9.17, 15) is 18.0 Å². The Bertz CT molecular complexity index is 1180. The lowest BCUT2D eigenvalue weighted by Crippen LogP contribution is -2.35. The molecule has 0 spiro atoms. The molecule has 166 valence electrons. The third-order valence-electron chi connectivity index (χ3n) is 4.76. The zero-order chi connectivity index (χ0) is 23.0. The molecule has 3 aromatic rings. The van der Waals surface area contributed by atoms with Gasteiger partial charge in [-0.2, -0.15) is 0 Å². The first-order chi connectivity index (χ1) is 15.3. The zero-order valence-corrected chi connectivity index (χ0v) is 18.5. The molecule has 0 aliphatic heterocycles. The van der Waals surface area contributed by atoms with Crippen molar-refractivity contribution in [1.29, 1.82) is 0 Å². The van der Waals surface area contributed by atoms with E-state index in [1.54, 1.807) is 12.1 Å². The molecule has 0 bridgehead atoms. The minimum atomic E-state index is -3.76. The number of sulfonamides is 1. The predicted molar refractivity (Wildman–Crippen MR) is 124 cm³/mol. The third-order valence-corrected chi connectivity index (χ3v) is 6.14. The lowest BCUT2D eigenvalue weighted by atomic mass is 10.1. The van der Waals surface area contributed by atoms with Gasteiger partial charge in [0.25, 0.3) is 15.9 Å². The molecule has 0 aromatic heterocycles. The van der Waals surface area contributed by atoms with Gasteiger partial charge in [-0.1, -0.05) is 48.5 Å². The molecule has 0 heterocycles. The van der Waals surface area contributed by atoms with Crippen LogP contribution in [-0.2, 0) is 21.2 Å². The van der Waals surface area contributed by atoms with E-state index in [1.807, 2.05) is 49.4 Å². The number of hydrogen-bond donors (Lipinski definition) is 3. The topological polar surface area (TPSA) is 104 Å². The van der Waals surface area contributed by atoms with Crippen LogP contribution in [0.15, 0.2) is 83.8 Å². The molecule has 0 saturated carbocycles. The molecule has 0 atom stereocenters. The minimum absolute atomic E-state index is 0.0606. The van der Waals surface area contributed by atoms with Crippen LogP contribution in [0.25, 0.3) is 0 Å². The summed E-state index contributed by atoms with van der Waals surface area (Å²) in [5, 5.41) is 5.46. The Morgan fingerprint density at radius 2 is 1.41 bits per heavy atom. The van der Waals surface area contributed by atoms with Crippen LogP contribution in [0.4, 0.5) is 5.69 Å². The number of amides is 2. The fraction of sp³-hybridized carbons (Fsp3) is 0.167. The molecule has 3 aromatic carbocycles. The van der Waals surface area contributed by atoms with Gasteiger partial charge in [0.05, 0.1) is 17.0 Å². The SMILES string of the molecule is Cc1ccccc1NS(=O)(=O)c1ccc(C(=O)NCCNC(=O)Cc2ccccc2)cc1. The van der Waals surface area contributed by atoms with Crippen molar-refractivity contribution in [1.82, 2.24) is 10.6 Å². The molecular formula is C24H25N3O4S. The summed E-state index contributed by atoms with van der Waals surface area (Å²) in [6.45, 7) is 2.37. The fourth-order valence-electron chi connectivity index (χ4n) is 3.00. The second-order valence-corrected chi connectivity index (χ2v) is 8.90. The second-order valence-electron chi connectivity index (χ2n) is 7.21. The van der Waals surface area contributed by atoms with Gasteiger partial charge in [-0.05, 0) is 48.4 Å². The quantitative estimate of drug-likeness (QED) is 0.435. The van der Waals surface area contributed by atoms with E-state index >= 15 is 0 Å². The molecule has 8 heteroatoms. The van der Waals surface area contributed by atoms with Gasteiger partial charge < -0.3 is 10.6 Å². The molecule has 0 aliphatic rings. The number of carbonyl (C=O) groups excluding carboxylic acids is 2. The Morgan fingerprint density at radius 1 is 0.781 bits per heavy atom. The summed E-state index contributed by atoms with van der Waals surface area (Å²) in [6, 6.07) is 22.2. The average Bonchev–Trinajstić information content (AvgIpc) is 2.79. The van der Waals surface area contributed by atoms with E-state index in [0.29, 0.717) is 17.8 Å². The van der Waals surface area contributed by atoms with Crippen LogP contribution in [-0.4, -0.2) is 33.3 Å². The Hall–Kier alpha value is -3.65. The Labute approximate surface area is 187 Å². The highest BCUT2D eigenvalue weighted by molar-refractivity contribution is 7.92. The summed E-state index contributed by atoms with van der Waals surface area (Å²) in [4.78, 5) is 24.3. The maximum Gasteiger partial charge on any atom is 0.261 e. The van der Waals surface area contributed by atoms with Crippen molar-refractivity contribution in [2.45, 2.75) is 18.2 Å². The zero-order valence-electron chi connectivity index (χ0n) is 17.7. The van der Waals surface area contributed by atoms with Crippen molar-refractivity contribution >= 4 is 27.5 Å². The van der Waals surface area contributed by atoms with Gasteiger partial charge in [0, 0.05) is 18.7 Å². The Morgan fingerprint density at radius 3 is 2.09 bits per heavy atom. The molecule has 0 radical (unpaired) electrons. The first kappa shape index (κ1) is 23.0. The minimum Gasteiger partial charge on any atom is -0.354 e. The molecule has 2 amide bonds. The number of rotatable bonds is 9. The van der Waals surface area contributed by atoms with Gasteiger partial charge in [0.2, 0.25) is 5.91 Å². The van der Waals surface area contributed by atoms with E-state index in [4.69, 9.17) is 0 Å². The first-order valence-electron chi connectivity index (χ1n) is 10.1. The lowest BCUT2D eigenvalue weighted by molar-refractivity contribution is -0.120. The maximum atomic E-state index is 12.6. The van der Waals surface area contributed by atoms with Crippen LogP contribution in [0.3, 0.4) is 0 Å². The number of hydrogen-bond acceptors (Lipinski definition) is 4. The molecule has 32 heavy (non-hydrogen) atoms.